The number of para-hydroxylation sites is 1. The number of benzene rings is 1. The summed E-state index contributed by atoms with van der Waals surface area (Å²) in [6, 6.07) is 9.48. The highest BCUT2D eigenvalue weighted by molar-refractivity contribution is 6.25. The van der Waals surface area contributed by atoms with E-state index >= 15 is 0 Å². The Bertz CT molecular complexity index is 1070. The van der Waals surface area contributed by atoms with Gasteiger partial charge in [0.25, 0.3) is 0 Å². The number of ether oxygens (including phenoxy) is 3. The van der Waals surface area contributed by atoms with Gasteiger partial charge in [0.1, 0.15) is 19.0 Å². The number of rotatable bonds is 7. The minimum atomic E-state index is -1.33. The van der Waals surface area contributed by atoms with Gasteiger partial charge in [-0.15, -0.1) is 0 Å². The van der Waals surface area contributed by atoms with Crippen molar-refractivity contribution < 1.29 is 38.8 Å². The van der Waals surface area contributed by atoms with E-state index in [0.29, 0.717) is 23.6 Å². The number of allylic oxidation sites excluding steroid dienone is 2. The van der Waals surface area contributed by atoms with E-state index in [1.807, 2.05) is 35.2 Å². The minimum absolute atomic E-state index is 0.0187. The van der Waals surface area contributed by atoms with Crippen molar-refractivity contribution in [1.29, 1.82) is 0 Å². The van der Waals surface area contributed by atoms with E-state index in [2.05, 4.69) is 11.1 Å². The number of fused-ring (bicyclic) bond motifs is 4. The van der Waals surface area contributed by atoms with Gasteiger partial charge >= 0.3 is 6.09 Å². The third-order valence-electron chi connectivity index (χ3n) is 6.50. The maximum Gasteiger partial charge on any atom is 0.402 e. The number of hydrogen-bond acceptors (Lipinski definition) is 9. The summed E-state index contributed by atoms with van der Waals surface area (Å²) in [5.74, 6) is -0.493. The summed E-state index contributed by atoms with van der Waals surface area (Å²) < 4.78 is 17.2. The predicted octanol–water partition coefficient (Wildman–Crippen LogP) is 0.00580. The van der Waals surface area contributed by atoms with Crippen LogP contribution in [0.1, 0.15) is 6.92 Å². The lowest BCUT2D eigenvalue weighted by Gasteiger charge is -2.39. The standard InChI is InChI=1S/C22H24N2O6.CH3NO2/c1-12-18(26)17-16(14(11-25)22(28-2)21-15(23-21)10-24(17)22)19(27)20(12)30-9-8-29-13-6-4-3-5-7-13;2-1(3)4/h3-7,14-15,21,23,25H,8-11H2,1-2H3;2H2,(H,3,4). The van der Waals surface area contributed by atoms with Crippen LogP contribution in [0.4, 0.5) is 4.79 Å². The second-order valence-electron chi connectivity index (χ2n) is 8.28. The number of carbonyl (C=O) groups is 3. The number of nitrogens with one attached hydrogen (secondary N) is 1. The van der Waals surface area contributed by atoms with Gasteiger partial charge in [-0.3, -0.25) is 9.59 Å². The van der Waals surface area contributed by atoms with Crippen molar-refractivity contribution in [3.05, 3.63) is 52.9 Å². The third kappa shape index (κ3) is 3.71. The smallest absolute Gasteiger partial charge is 0.402 e. The summed E-state index contributed by atoms with van der Waals surface area (Å²) in [7, 11) is 1.56. The van der Waals surface area contributed by atoms with Gasteiger partial charge in [0, 0.05) is 30.8 Å². The highest BCUT2D eigenvalue weighted by atomic mass is 16.5. The van der Waals surface area contributed by atoms with E-state index in [4.69, 9.17) is 24.1 Å². The van der Waals surface area contributed by atoms with Crippen molar-refractivity contribution in [3.63, 3.8) is 0 Å². The number of carbonyl (C=O) groups excluding carboxylic acids is 2. The molecule has 182 valence electrons. The normalized spacial score (nSPS) is 28.7. The number of hydrogen-bond donors (Lipinski definition) is 4. The number of primary amides is 1. The Hall–Kier alpha value is -3.41. The number of aliphatic hydroxyl groups excluding tert-OH is 1. The number of carboxylic acid groups (broad SMARTS) is 1. The average Bonchev–Trinajstić information content (AvgIpc) is 3.42. The van der Waals surface area contributed by atoms with E-state index in [-0.39, 0.29) is 54.8 Å². The number of aliphatic hydroxyl groups is 1. The maximum atomic E-state index is 13.4. The molecule has 4 atom stereocenters. The van der Waals surface area contributed by atoms with Gasteiger partial charge in [0.05, 0.1) is 24.3 Å². The molecule has 1 aromatic carbocycles. The van der Waals surface area contributed by atoms with E-state index in [9.17, 15) is 14.7 Å². The molecule has 1 aliphatic carbocycles. The molecule has 4 unspecified atom stereocenters. The molecule has 1 amide bonds. The lowest BCUT2D eigenvalue weighted by molar-refractivity contribution is -0.137. The second kappa shape index (κ2) is 9.09. The van der Waals surface area contributed by atoms with E-state index < -0.39 is 17.7 Å². The van der Waals surface area contributed by atoms with Gasteiger partial charge < -0.3 is 40.4 Å². The van der Waals surface area contributed by atoms with Crippen LogP contribution < -0.4 is 15.8 Å². The van der Waals surface area contributed by atoms with Crippen molar-refractivity contribution in [2.24, 2.45) is 11.7 Å². The van der Waals surface area contributed by atoms with Crippen LogP contribution in [0.2, 0.25) is 0 Å². The Morgan fingerprint density at radius 3 is 2.47 bits per heavy atom. The zero-order chi connectivity index (χ0) is 24.6. The van der Waals surface area contributed by atoms with Crippen LogP contribution in [0, 0.1) is 5.92 Å². The van der Waals surface area contributed by atoms with Gasteiger partial charge in [0.15, 0.2) is 11.5 Å². The predicted molar refractivity (Wildman–Crippen MR) is 118 cm³/mol. The molecule has 0 spiro atoms. The number of amides is 1. The van der Waals surface area contributed by atoms with Crippen LogP contribution in [0.15, 0.2) is 52.9 Å². The molecule has 0 bridgehead atoms. The van der Waals surface area contributed by atoms with Crippen LogP contribution in [-0.4, -0.2) is 84.1 Å². The number of nitrogens with zero attached hydrogens (tertiary/aromatic N) is 1. The second-order valence-corrected chi connectivity index (χ2v) is 8.28. The molecule has 0 radical (unpaired) electrons. The van der Waals surface area contributed by atoms with Gasteiger partial charge in [-0.2, -0.15) is 0 Å². The number of ketones is 2. The van der Waals surface area contributed by atoms with Crippen molar-refractivity contribution in [3.8, 4) is 5.75 Å². The zero-order valence-electron chi connectivity index (χ0n) is 18.8. The monoisotopic (exact) mass is 473 g/mol. The first kappa shape index (κ1) is 23.7. The summed E-state index contributed by atoms with van der Waals surface area (Å²) in [4.78, 5) is 37.2. The van der Waals surface area contributed by atoms with Crippen LogP contribution in [-0.2, 0) is 19.1 Å². The van der Waals surface area contributed by atoms with Gasteiger partial charge in [-0.05, 0) is 19.1 Å². The number of Topliss-reactive ketones (excluding diaryl/α,β-unsaturated/α-hetero) is 2. The van der Waals surface area contributed by atoms with Crippen molar-refractivity contribution in [1.82, 2.24) is 10.2 Å². The Morgan fingerprint density at radius 2 is 1.85 bits per heavy atom. The largest absolute Gasteiger partial charge is 0.490 e. The van der Waals surface area contributed by atoms with Gasteiger partial charge in [0.2, 0.25) is 11.6 Å². The van der Waals surface area contributed by atoms with Gasteiger partial charge in [-0.1, -0.05) is 18.2 Å². The number of piperazine rings is 1. The molecule has 11 heteroatoms. The Labute approximate surface area is 195 Å². The third-order valence-corrected chi connectivity index (χ3v) is 6.50. The maximum absolute atomic E-state index is 13.4. The topological polar surface area (TPSA) is 171 Å². The molecule has 0 saturated carbocycles. The molecule has 11 nitrogen and oxygen atoms in total. The Morgan fingerprint density at radius 1 is 1.21 bits per heavy atom. The van der Waals surface area contributed by atoms with Crippen LogP contribution >= 0.6 is 0 Å². The molecule has 1 aromatic rings. The Balaban J connectivity index is 0.000000636. The van der Waals surface area contributed by atoms with Crippen molar-refractivity contribution in [2.75, 3.05) is 33.5 Å². The van der Waals surface area contributed by atoms with Crippen molar-refractivity contribution in [2.45, 2.75) is 24.7 Å². The summed E-state index contributed by atoms with van der Waals surface area (Å²) in [5.41, 5.74) is 4.03. The highest BCUT2D eigenvalue weighted by Gasteiger charge is 2.72. The molecule has 0 aromatic heterocycles. The minimum Gasteiger partial charge on any atom is -0.490 e. The molecule has 3 heterocycles. The summed E-state index contributed by atoms with van der Waals surface area (Å²) in [5, 5.41) is 20.7. The van der Waals surface area contributed by atoms with E-state index in [1.54, 1.807) is 14.0 Å². The van der Waals surface area contributed by atoms with Crippen molar-refractivity contribution >= 4 is 17.7 Å². The summed E-state index contributed by atoms with van der Waals surface area (Å²) in [6.07, 6.45) is -1.33. The first-order valence-electron chi connectivity index (χ1n) is 10.8. The number of nitrogens with two attached hydrogens (primary N) is 1. The lowest BCUT2D eigenvalue weighted by Crippen LogP contribution is -2.54. The van der Waals surface area contributed by atoms with E-state index in [1.165, 1.54) is 0 Å². The Kier molecular flexibility index (Phi) is 6.34. The molecule has 2 saturated heterocycles. The van der Waals surface area contributed by atoms with Crippen LogP contribution in [0.5, 0.6) is 5.75 Å². The first-order valence-corrected chi connectivity index (χ1v) is 10.8. The van der Waals surface area contributed by atoms with E-state index in [0.717, 1.165) is 0 Å². The molecule has 3 aliphatic heterocycles. The fourth-order valence-electron chi connectivity index (χ4n) is 5.12. The first-order chi connectivity index (χ1) is 16.3. The molecular formula is C23H27N3O8. The lowest BCUT2D eigenvalue weighted by atomic mass is 9.83. The zero-order valence-corrected chi connectivity index (χ0v) is 18.8. The van der Waals surface area contributed by atoms with Crippen LogP contribution in [0.3, 0.4) is 0 Å². The average molecular weight is 473 g/mol. The summed E-state index contributed by atoms with van der Waals surface area (Å²) in [6.45, 7) is 2.24. The molecule has 5 rings (SSSR count). The van der Waals surface area contributed by atoms with Crippen LogP contribution in [0.25, 0.3) is 0 Å². The quantitative estimate of drug-likeness (QED) is 0.240. The SMILES string of the molecule is COC12C(CO)C3=C(C(=O)C(C)=C(OCCOc4ccccc4)C3=O)N1CC1NC12.NC(=O)O. The number of methoxy groups -OCH3 is 1. The van der Waals surface area contributed by atoms with Gasteiger partial charge in [-0.25, -0.2) is 4.79 Å². The molecule has 5 N–H and O–H groups in total. The molecular weight excluding hydrogens is 446 g/mol. The highest BCUT2D eigenvalue weighted by Crippen LogP contribution is 2.55. The fourth-order valence-corrected chi connectivity index (χ4v) is 5.12. The fraction of sp³-hybridized carbons (Fsp3) is 0.435. The molecule has 4 aliphatic rings. The summed E-state index contributed by atoms with van der Waals surface area (Å²) >= 11 is 0. The molecule has 34 heavy (non-hydrogen) atoms. The molecule has 2 fully saturated rings.